The van der Waals surface area contributed by atoms with Crippen molar-refractivity contribution in [1.82, 2.24) is 9.47 Å². The zero-order valence-electron chi connectivity index (χ0n) is 20.1. The lowest BCUT2D eigenvalue weighted by Crippen LogP contribution is -2.25. The van der Waals surface area contributed by atoms with E-state index in [2.05, 4.69) is 16.0 Å². The average Bonchev–Trinajstić information content (AvgIpc) is 3.22. The lowest BCUT2D eigenvalue weighted by atomic mass is 10.1. The van der Waals surface area contributed by atoms with Gasteiger partial charge in [-0.2, -0.15) is 0 Å². The van der Waals surface area contributed by atoms with Crippen molar-refractivity contribution in [2.24, 2.45) is 0 Å². The molecule has 36 heavy (non-hydrogen) atoms. The van der Waals surface area contributed by atoms with Crippen molar-refractivity contribution in [3.8, 4) is 0 Å². The predicted molar refractivity (Wildman–Crippen MR) is 144 cm³/mol. The van der Waals surface area contributed by atoms with Crippen molar-refractivity contribution >= 4 is 57.4 Å². The van der Waals surface area contributed by atoms with Crippen molar-refractivity contribution < 1.29 is 14.4 Å². The second-order valence-corrected chi connectivity index (χ2v) is 9.02. The summed E-state index contributed by atoms with van der Waals surface area (Å²) in [4.78, 5) is 38.6. The van der Waals surface area contributed by atoms with Gasteiger partial charge in [0.15, 0.2) is 0 Å². The van der Waals surface area contributed by atoms with Gasteiger partial charge in [0, 0.05) is 58.8 Å². The second kappa shape index (κ2) is 10.5. The van der Waals surface area contributed by atoms with Gasteiger partial charge in [-0.3, -0.25) is 9.59 Å². The molecule has 9 heteroatoms. The van der Waals surface area contributed by atoms with Gasteiger partial charge in [0.05, 0.1) is 0 Å². The number of benzene rings is 3. The van der Waals surface area contributed by atoms with Gasteiger partial charge in [-0.25, -0.2) is 4.79 Å². The zero-order valence-corrected chi connectivity index (χ0v) is 20.9. The van der Waals surface area contributed by atoms with Crippen LogP contribution in [0.3, 0.4) is 0 Å². The first-order valence-electron chi connectivity index (χ1n) is 11.2. The van der Waals surface area contributed by atoms with E-state index in [0.29, 0.717) is 27.6 Å². The van der Waals surface area contributed by atoms with Crippen LogP contribution in [0.2, 0.25) is 5.02 Å². The van der Waals surface area contributed by atoms with Crippen LogP contribution in [0.25, 0.3) is 10.9 Å². The Morgan fingerprint density at radius 2 is 1.64 bits per heavy atom. The number of carbonyl (C=O) groups is 3. The number of halogens is 1. The molecule has 1 heterocycles. The number of likely N-dealkylation sites (N-methyl/N-ethyl adjacent to an activating group) is 1. The highest BCUT2D eigenvalue weighted by Crippen LogP contribution is 2.23. The minimum Gasteiger partial charge on any atom is -0.347 e. The summed E-state index contributed by atoms with van der Waals surface area (Å²) < 4.78 is 1.87. The van der Waals surface area contributed by atoms with Gasteiger partial charge in [0.1, 0.15) is 6.54 Å². The van der Waals surface area contributed by atoms with Crippen LogP contribution in [-0.4, -0.2) is 41.4 Å². The Balaban J connectivity index is 1.39. The van der Waals surface area contributed by atoms with Gasteiger partial charge in [-0.15, -0.1) is 0 Å². The number of nitrogens with one attached hydrogen (secondary N) is 3. The smallest absolute Gasteiger partial charge is 0.323 e. The molecule has 0 aliphatic carbocycles. The molecule has 4 aromatic rings. The molecule has 4 rings (SSSR count). The molecular weight excluding hydrogens is 478 g/mol. The van der Waals surface area contributed by atoms with E-state index >= 15 is 0 Å². The molecule has 0 saturated carbocycles. The Kier molecular flexibility index (Phi) is 7.26. The number of hydrogen-bond acceptors (Lipinski definition) is 3. The maximum Gasteiger partial charge on any atom is 0.323 e. The Labute approximate surface area is 213 Å². The molecule has 184 valence electrons. The molecule has 1 aromatic heterocycles. The fourth-order valence-electron chi connectivity index (χ4n) is 3.70. The number of urea groups is 1. The van der Waals surface area contributed by atoms with Crippen LogP contribution in [0, 0.1) is 6.92 Å². The standard InChI is InChI=1S/C27H26ClN5O3/c1-17-13-21(29-26(35)19-5-4-6-20(28)14-19)7-9-23(17)31-27(36)30-22-8-10-24-18(15-22)11-12-33(24)16-25(34)32(2)3/h4-15H,16H2,1-3H3,(H,29,35)(H2,30,31,36). The Hall–Kier alpha value is -4.30. The third-order valence-electron chi connectivity index (χ3n) is 5.65. The molecule has 0 saturated heterocycles. The van der Waals surface area contributed by atoms with Gasteiger partial charge in [-0.1, -0.05) is 17.7 Å². The highest BCUT2D eigenvalue weighted by molar-refractivity contribution is 6.31. The van der Waals surface area contributed by atoms with Crippen LogP contribution in [0.5, 0.6) is 0 Å². The van der Waals surface area contributed by atoms with Crippen LogP contribution < -0.4 is 16.0 Å². The van der Waals surface area contributed by atoms with Crippen LogP contribution in [0.1, 0.15) is 15.9 Å². The summed E-state index contributed by atoms with van der Waals surface area (Å²) in [6, 6.07) is 19.0. The van der Waals surface area contributed by atoms with Gasteiger partial charge >= 0.3 is 6.03 Å². The molecule has 0 unspecified atom stereocenters. The number of amides is 4. The summed E-state index contributed by atoms with van der Waals surface area (Å²) in [5.41, 5.74) is 3.99. The van der Waals surface area contributed by atoms with Crippen LogP contribution in [-0.2, 0) is 11.3 Å². The highest BCUT2D eigenvalue weighted by atomic mass is 35.5. The Bertz CT molecular complexity index is 1460. The van der Waals surface area contributed by atoms with E-state index in [1.165, 1.54) is 0 Å². The third kappa shape index (κ3) is 5.84. The zero-order chi connectivity index (χ0) is 25.8. The summed E-state index contributed by atoms with van der Waals surface area (Å²) in [5.74, 6) is -0.273. The molecule has 3 N–H and O–H groups in total. The van der Waals surface area contributed by atoms with Crippen molar-refractivity contribution in [3.63, 3.8) is 0 Å². The largest absolute Gasteiger partial charge is 0.347 e. The van der Waals surface area contributed by atoms with Gasteiger partial charge < -0.3 is 25.4 Å². The topological polar surface area (TPSA) is 95.5 Å². The van der Waals surface area contributed by atoms with Gasteiger partial charge in [-0.05, 0) is 73.2 Å². The molecule has 0 atom stereocenters. The lowest BCUT2D eigenvalue weighted by Gasteiger charge is -2.13. The summed E-state index contributed by atoms with van der Waals surface area (Å²) >= 11 is 5.96. The second-order valence-electron chi connectivity index (χ2n) is 8.58. The number of rotatable bonds is 6. The lowest BCUT2D eigenvalue weighted by molar-refractivity contribution is -0.129. The molecule has 0 aliphatic heterocycles. The van der Waals surface area contributed by atoms with E-state index in [0.717, 1.165) is 16.5 Å². The molecule has 0 aliphatic rings. The highest BCUT2D eigenvalue weighted by Gasteiger charge is 2.11. The maximum atomic E-state index is 12.6. The number of carbonyl (C=O) groups excluding carboxylic acids is 3. The van der Waals surface area contributed by atoms with Crippen molar-refractivity contribution in [2.75, 3.05) is 30.0 Å². The van der Waals surface area contributed by atoms with Crippen LogP contribution in [0.15, 0.2) is 72.9 Å². The number of nitrogens with zero attached hydrogens (tertiary/aromatic N) is 2. The van der Waals surface area contributed by atoms with E-state index < -0.39 is 6.03 Å². The first kappa shape index (κ1) is 24.8. The number of anilines is 3. The maximum absolute atomic E-state index is 12.6. The molecule has 0 radical (unpaired) electrons. The molecule has 0 spiro atoms. The molecule has 3 aromatic carbocycles. The third-order valence-corrected chi connectivity index (χ3v) is 5.89. The SMILES string of the molecule is Cc1cc(NC(=O)c2cccc(Cl)c2)ccc1NC(=O)Nc1ccc2c(ccn2CC(=O)N(C)C)c1. The summed E-state index contributed by atoms with van der Waals surface area (Å²) in [6.07, 6.45) is 1.85. The van der Waals surface area contributed by atoms with Crippen molar-refractivity contribution in [1.29, 1.82) is 0 Å². The monoisotopic (exact) mass is 503 g/mol. The number of aryl methyl sites for hydroxylation is 1. The predicted octanol–water partition coefficient (Wildman–Crippen LogP) is 5.59. The normalized spacial score (nSPS) is 10.7. The van der Waals surface area contributed by atoms with Crippen LogP contribution in [0.4, 0.5) is 21.9 Å². The molecular formula is C27H26ClN5O3. The summed E-state index contributed by atoms with van der Waals surface area (Å²) in [5, 5.41) is 9.90. The van der Waals surface area contributed by atoms with E-state index in [4.69, 9.17) is 11.6 Å². The fourth-order valence-corrected chi connectivity index (χ4v) is 3.89. The van der Waals surface area contributed by atoms with E-state index in [9.17, 15) is 14.4 Å². The van der Waals surface area contributed by atoms with Crippen molar-refractivity contribution in [2.45, 2.75) is 13.5 Å². The summed E-state index contributed by atoms with van der Waals surface area (Å²) in [7, 11) is 3.45. The summed E-state index contributed by atoms with van der Waals surface area (Å²) in [6.45, 7) is 2.09. The number of aromatic nitrogens is 1. The van der Waals surface area contributed by atoms with E-state index in [-0.39, 0.29) is 18.4 Å². The fraction of sp³-hybridized carbons (Fsp3) is 0.148. The minimum atomic E-state index is -0.393. The average molecular weight is 504 g/mol. The Morgan fingerprint density at radius 3 is 2.36 bits per heavy atom. The molecule has 0 fully saturated rings. The number of hydrogen-bond donors (Lipinski definition) is 3. The van der Waals surface area contributed by atoms with Crippen LogP contribution >= 0.6 is 11.6 Å². The first-order valence-corrected chi connectivity index (χ1v) is 11.6. The number of fused-ring (bicyclic) bond motifs is 1. The van der Waals surface area contributed by atoms with Gasteiger partial charge in [0.2, 0.25) is 5.91 Å². The first-order chi connectivity index (χ1) is 17.2. The Morgan fingerprint density at radius 1 is 0.889 bits per heavy atom. The molecule has 0 bridgehead atoms. The van der Waals surface area contributed by atoms with Gasteiger partial charge in [0.25, 0.3) is 5.91 Å². The minimum absolute atomic E-state index is 0.000466. The quantitative estimate of drug-likeness (QED) is 0.320. The molecule has 8 nitrogen and oxygen atoms in total. The van der Waals surface area contributed by atoms with E-state index in [1.54, 1.807) is 67.5 Å². The van der Waals surface area contributed by atoms with E-state index in [1.807, 2.05) is 35.9 Å². The van der Waals surface area contributed by atoms with Crippen molar-refractivity contribution in [3.05, 3.63) is 89.1 Å². The molecule has 4 amide bonds.